The van der Waals surface area contributed by atoms with Crippen LogP contribution >= 0.6 is 0 Å². The minimum Gasteiger partial charge on any atom is -0.481 e. The molecule has 0 spiro atoms. The predicted molar refractivity (Wildman–Crippen MR) is 50.7 cm³/mol. The Balaban J connectivity index is 0.000000671. The molecular weight excluding hydrogens is 168 g/mol. The lowest BCUT2D eigenvalue weighted by Crippen LogP contribution is -2.01. The van der Waals surface area contributed by atoms with Crippen LogP contribution in [0.5, 0.6) is 0 Å². The van der Waals surface area contributed by atoms with Crippen molar-refractivity contribution in [3.8, 4) is 0 Å². The van der Waals surface area contributed by atoms with Crippen LogP contribution in [0.1, 0.15) is 11.1 Å². The molecule has 0 atom stereocenters. The molecule has 0 bridgehead atoms. The molecule has 1 aromatic carbocycles. The molecule has 0 unspecified atom stereocenters. The zero-order chi connectivity index (χ0) is 10.3. The molecule has 1 aromatic rings. The fraction of sp³-hybridized carbons (Fsp3) is 0.300. The van der Waals surface area contributed by atoms with Gasteiger partial charge in [0.1, 0.15) is 0 Å². The minimum atomic E-state index is -0.778. The molecule has 0 saturated heterocycles. The van der Waals surface area contributed by atoms with Crippen LogP contribution in [-0.2, 0) is 11.2 Å². The summed E-state index contributed by atoms with van der Waals surface area (Å²) in [5.74, 6) is -0.778. The Morgan fingerprint density at radius 1 is 1.31 bits per heavy atom. The topological polar surface area (TPSA) is 57.5 Å². The lowest BCUT2D eigenvalue weighted by Gasteiger charge is -1.99. The van der Waals surface area contributed by atoms with Crippen LogP contribution in [0.4, 0.5) is 0 Å². The summed E-state index contributed by atoms with van der Waals surface area (Å²) in [5.41, 5.74) is 1.93. The van der Waals surface area contributed by atoms with Gasteiger partial charge < -0.3 is 10.2 Å². The van der Waals surface area contributed by atoms with Crippen LogP contribution < -0.4 is 0 Å². The first kappa shape index (κ1) is 11.6. The molecule has 0 aliphatic heterocycles. The van der Waals surface area contributed by atoms with E-state index in [1.54, 1.807) is 0 Å². The SMILES string of the molecule is CO.Cc1ccccc1CC(=O)O. The third-order valence-electron chi connectivity index (χ3n) is 1.60. The average molecular weight is 182 g/mol. The van der Waals surface area contributed by atoms with Crippen LogP contribution in [0.25, 0.3) is 0 Å². The average Bonchev–Trinajstić information content (AvgIpc) is 2.12. The van der Waals surface area contributed by atoms with E-state index in [9.17, 15) is 4.79 Å². The summed E-state index contributed by atoms with van der Waals surface area (Å²) in [6.07, 6.45) is 0.118. The maximum Gasteiger partial charge on any atom is 0.307 e. The number of aryl methyl sites for hydroxylation is 1. The van der Waals surface area contributed by atoms with E-state index in [2.05, 4.69) is 0 Å². The zero-order valence-electron chi connectivity index (χ0n) is 7.82. The molecule has 0 heterocycles. The van der Waals surface area contributed by atoms with Crippen LogP contribution in [0.2, 0.25) is 0 Å². The summed E-state index contributed by atoms with van der Waals surface area (Å²) in [4.78, 5) is 10.3. The Labute approximate surface area is 77.6 Å². The van der Waals surface area contributed by atoms with Crippen LogP contribution in [0, 0.1) is 6.92 Å². The van der Waals surface area contributed by atoms with Crippen LogP contribution in [0.15, 0.2) is 24.3 Å². The molecule has 1 rings (SSSR count). The second-order valence-electron chi connectivity index (χ2n) is 2.50. The number of rotatable bonds is 2. The van der Waals surface area contributed by atoms with E-state index < -0.39 is 5.97 Å². The smallest absolute Gasteiger partial charge is 0.307 e. The molecular formula is C10H14O3. The third-order valence-corrected chi connectivity index (χ3v) is 1.60. The van der Waals surface area contributed by atoms with Gasteiger partial charge in [-0.15, -0.1) is 0 Å². The summed E-state index contributed by atoms with van der Waals surface area (Å²) in [7, 11) is 1.00. The highest BCUT2D eigenvalue weighted by Crippen LogP contribution is 2.06. The maximum absolute atomic E-state index is 10.3. The Morgan fingerprint density at radius 2 is 1.85 bits per heavy atom. The Bertz CT molecular complexity index is 269. The molecule has 0 radical (unpaired) electrons. The van der Waals surface area contributed by atoms with Gasteiger partial charge in [-0.05, 0) is 18.1 Å². The van der Waals surface area contributed by atoms with Crippen molar-refractivity contribution in [2.45, 2.75) is 13.3 Å². The molecule has 0 aliphatic rings. The highest BCUT2D eigenvalue weighted by molar-refractivity contribution is 5.70. The van der Waals surface area contributed by atoms with Gasteiger partial charge in [0.2, 0.25) is 0 Å². The van der Waals surface area contributed by atoms with Crippen LogP contribution in [0.3, 0.4) is 0 Å². The summed E-state index contributed by atoms with van der Waals surface area (Å²) in [6.45, 7) is 1.91. The van der Waals surface area contributed by atoms with Gasteiger partial charge in [0.15, 0.2) is 0 Å². The molecule has 3 nitrogen and oxygen atoms in total. The summed E-state index contributed by atoms with van der Waals surface area (Å²) < 4.78 is 0. The van der Waals surface area contributed by atoms with E-state index in [1.807, 2.05) is 31.2 Å². The normalized spacial score (nSPS) is 8.54. The van der Waals surface area contributed by atoms with Crippen molar-refractivity contribution < 1.29 is 15.0 Å². The van der Waals surface area contributed by atoms with Crippen molar-refractivity contribution in [2.75, 3.05) is 7.11 Å². The first-order chi connectivity index (χ1) is 6.20. The molecule has 0 amide bonds. The summed E-state index contributed by atoms with van der Waals surface area (Å²) in [6, 6.07) is 7.51. The second kappa shape index (κ2) is 6.20. The number of carboxylic acids is 1. The fourth-order valence-electron chi connectivity index (χ4n) is 0.971. The number of aliphatic carboxylic acids is 1. The number of carbonyl (C=O) groups is 1. The number of aliphatic hydroxyl groups is 1. The van der Waals surface area contributed by atoms with Gasteiger partial charge in [-0.2, -0.15) is 0 Å². The van der Waals surface area contributed by atoms with Crippen molar-refractivity contribution in [1.82, 2.24) is 0 Å². The maximum atomic E-state index is 10.3. The van der Waals surface area contributed by atoms with E-state index in [0.717, 1.165) is 18.2 Å². The van der Waals surface area contributed by atoms with E-state index in [1.165, 1.54) is 0 Å². The number of aliphatic hydroxyl groups excluding tert-OH is 1. The Kier molecular flexibility index (Phi) is 5.55. The van der Waals surface area contributed by atoms with Gasteiger partial charge in [0.25, 0.3) is 0 Å². The Hall–Kier alpha value is -1.35. The van der Waals surface area contributed by atoms with Crippen molar-refractivity contribution in [1.29, 1.82) is 0 Å². The first-order valence-corrected chi connectivity index (χ1v) is 3.91. The monoisotopic (exact) mass is 182 g/mol. The lowest BCUT2D eigenvalue weighted by molar-refractivity contribution is -0.136. The predicted octanol–water partition coefficient (Wildman–Crippen LogP) is 1.23. The molecule has 3 heteroatoms. The van der Waals surface area contributed by atoms with Gasteiger partial charge in [-0.3, -0.25) is 4.79 Å². The highest BCUT2D eigenvalue weighted by Gasteiger charge is 2.01. The van der Waals surface area contributed by atoms with Gasteiger partial charge in [-0.1, -0.05) is 24.3 Å². The summed E-state index contributed by atoms with van der Waals surface area (Å²) in [5, 5.41) is 15.5. The number of carboxylic acid groups (broad SMARTS) is 1. The second-order valence-corrected chi connectivity index (χ2v) is 2.50. The Morgan fingerprint density at radius 3 is 2.31 bits per heavy atom. The molecule has 0 aromatic heterocycles. The standard InChI is InChI=1S/C9H10O2.CH4O/c1-7-4-2-3-5-8(7)6-9(10)11;1-2/h2-5H,6H2,1H3,(H,10,11);2H,1H3. The van der Waals surface area contributed by atoms with E-state index >= 15 is 0 Å². The molecule has 13 heavy (non-hydrogen) atoms. The number of hydrogen-bond donors (Lipinski definition) is 2. The molecule has 2 N–H and O–H groups in total. The zero-order valence-corrected chi connectivity index (χ0v) is 7.82. The molecule has 0 aliphatic carbocycles. The molecule has 0 fully saturated rings. The van der Waals surface area contributed by atoms with Crippen LogP contribution in [-0.4, -0.2) is 23.3 Å². The fourth-order valence-corrected chi connectivity index (χ4v) is 0.971. The van der Waals surface area contributed by atoms with Gasteiger partial charge in [-0.25, -0.2) is 0 Å². The van der Waals surface area contributed by atoms with E-state index in [-0.39, 0.29) is 6.42 Å². The van der Waals surface area contributed by atoms with Crippen molar-refractivity contribution in [3.05, 3.63) is 35.4 Å². The largest absolute Gasteiger partial charge is 0.481 e. The van der Waals surface area contributed by atoms with E-state index in [0.29, 0.717) is 0 Å². The molecule has 0 saturated carbocycles. The van der Waals surface area contributed by atoms with E-state index in [4.69, 9.17) is 10.2 Å². The van der Waals surface area contributed by atoms with Gasteiger partial charge in [0.05, 0.1) is 6.42 Å². The van der Waals surface area contributed by atoms with Crippen molar-refractivity contribution in [2.24, 2.45) is 0 Å². The number of benzene rings is 1. The number of hydrogen-bond acceptors (Lipinski definition) is 2. The summed E-state index contributed by atoms with van der Waals surface area (Å²) >= 11 is 0. The minimum absolute atomic E-state index is 0.118. The molecule has 72 valence electrons. The quantitative estimate of drug-likeness (QED) is 0.723. The van der Waals surface area contributed by atoms with Gasteiger partial charge in [0, 0.05) is 7.11 Å². The first-order valence-electron chi connectivity index (χ1n) is 3.91. The van der Waals surface area contributed by atoms with Gasteiger partial charge >= 0.3 is 5.97 Å². The highest BCUT2D eigenvalue weighted by atomic mass is 16.4. The lowest BCUT2D eigenvalue weighted by atomic mass is 10.1. The van der Waals surface area contributed by atoms with Crippen molar-refractivity contribution >= 4 is 5.97 Å². The third kappa shape index (κ3) is 4.28. The van der Waals surface area contributed by atoms with Crippen molar-refractivity contribution in [3.63, 3.8) is 0 Å².